The van der Waals surface area contributed by atoms with E-state index >= 15 is 0 Å². The molecule has 0 heterocycles. The maximum atomic E-state index is 12.4. The monoisotopic (exact) mass is 420 g/mol. The third kappa shape index (κ3) is 9.22. The van der Waals surface area contributed by atoms with Gasteiger partial charge in [0.15, 0.2) is 0 Å². The summed E-state index contributed by atoms with van der Waals surface area (Å²) in [5.74, 6) is 2.52. The molecule has 2 fully saturated rings. The van der Waals surface area contributed by atoms with Crippen LogP contribution in [0.1, 0.15) is 103 Å². The molecule has 0 spiro atoms. The first-order valence-electron chi connectivity index (χ1n) is 12.6. The van der Waals surface area contributed by atoms with Gasteiger partial charge in [-0.1, -0.05) is 45.6 Å². The summed E-state index contributed by atoms with van der Waals surface area (Å²) in [5, 5.41) is 0. The second-order valence-electron chi connectivity index (χ2n) is 9.49. The maximum absolute atomic E-state index is 12.4. The molecule has 2 aliphatic carbocycles. The molecule has 0 radical (unpaired) electrons. The first-order valence-corrected chi connectivity index (χ1v) is 12.6. The van der Waals surface area contributed by atoms with Crippen molar-refractivity contribution in [2.45, 2.75) is 103 Å². The number of ether oxygens (including phenoxy) is 2. The maximum Gasteiger partial charge on any atom is 0.330 e. The van der Waals surface area contributed by atoms with E-state index in [1.807, 2.05) is 0 Å². The van der Waals surface area contributed by atoms with Crippen molar-refractivity contribution in [2.24, 2.45) is 23.7 Å². The second-order valence-corrected chi connectivity index (χ2v) is 9.49. The molecule has 0 aromatic carbocycles. The van der Waals surface area contributed by atoms with Crippen molar-refractivity contribution < 1.29 is 19.1 Å². The van der Waals surface area contributed by atoms with E-state index in [9.17, 15) is 9.59 Å². The van der Waals surface area contributed by atoms with Crippen LogP contribution in [0.2, 0.25) is 0 Å². The Hall–Kier alpha value is -1.32. The minimum atomic E-state index is -0.363. The summed E-state index contributed by atoms with van der Waals surface area (Å²) in [6, 6.07) is 0. The van der Waals surface area contributed by atoms with Crippen molar-refractivity contribution in [3.05, 3.63) is 12.7 Å². The van der Waals surface area contributed by atoms with Gasteiger partial charge in [0.2, 0.25) is 0 Å². The lowest BCUT2D eigenvalue weighted by atomic mass is 9.68. The van der Waals surface area contributed by atoms with E-state index in [0.717, 1.165) is 56.3 Å². The van der Waals surface area contributed by atoms with Crippen molar-refractivity contribution >= 4 is 11.9 Å². The zero-order valence-corrected chi connectivity index (χ0v) is 19.2. The SMILES string of the molecule is C=CC(=O)OCCCCCCOC(=O)C1CCC(C2CCC(CCCC)CC2)CC1. The van der Waals surface area contributed by atoms with Gasteiger partial charge in [-0.3, -0.25) is 4.79 Å². The molecule has 0 aromatic heterocycles. The third-order valence-corrected chi connectivity index (χ3v) is 7.32. The lowest BCUT2D eigenvalue weighted by Gasteiger charge is -2.37. The molecule has 2 rings (SSSR count). The molecule has 0 saturated heterocycles. The number of hydrogen-bond donors (Lipinski definition) is 0. The number of unbranched alkanes of at least 4 members (excludes halogenated alkanes) is 4. The molecule has 4 nitrogen and oxygen atoms in total. The number of hydrogen-bond acceptors (Lipinski definition) is 4. The molecule has 2 aliphatic rings. The Balaban J connectivity index is 1.49. The molecule has 0 bridgehead atoms. The molecule has 0 aromatic rings. The molecule has 30 heavy (non-hydrogen) atoms. The van der Waals surface area contributed by atoms with E-state index in [2.05, 4.69) is 13.5 Å². The van der Waals surface area contributed by atoms with Gasteiger partial charge in [0.1, 0.15) is 0 Å². The van der Waals surface area contributed by atoms with Crippen molar-refractivity contribution in [3.63, 3.8) is 0 Å². The fraction of sp³-hybridized carbons (Fsp3) is 0.846. The molecule has 0 unspecified atom stereocenters. The van der Waals surface area contributed by atoms with E-state index in [0.29, 0.717) is 13.2 Å². The topological polar surface area (TPSA) is 52.6 Å². The van der Waals surface area contributed by atoms with Gasteiger partial charge >= 0.3 is 11.9 Å². The lowest BCUT2D eigenvalue weighted by molar-refractivity contribution is -0.150. The summed E-state index contributed by atoms with van der Waals surface area (Å²) in [6.07, 6.45) is 19.2. The van der Waals surface area contributed by atoms with Gasteiger partial charge in [0.25, 0.3) is 0 Å². The van der Waals surface area contributed by atoms with Crippen molar-refractivity contribution in [1.82, 2.24) is 0 Å². The van der Waals surface area contributed by atoms with E-state index in [4.69, 9.17) is 9.47 Å². The van der Waals surface area contributed by atoms with Crippen molar-refractivity contribution in [2.75, 3.05) is 13.2 Å². The van der Waals surface area contributed by atoms with Crippen LogP contribution in [-0.2, 0) is 19.1 Å². The molecule has 2 saturated carbocycles. The van der Waals surface area contributed by atoms with Crippen LogP contribution in [0.5, 0.6) is 0 Å². The van der Waals surface area contributed by atoms with Gasteiger partial charge in [-0.15, -0.1) is 0 Å². The van der Waals surface area contributed by atoms with Crippen LogP contribution >= 0.6 is 0 Å². The summed E-state index contributed by atoms with van der Waals surface area (Å²) >= 11 is 0. The normalized spacial score (nSPS) is 26.7. The van der Waals surface area contributed by atoms with Crippen molar-refractivity contribution in [3.8, 4) is 0 Å². The average molecular weight is 421 g/mol. The Morgan fingerprint density at radius 1 is 0.800 bits per heavy atom. The van der Waals surface area contributed by atoms with E-state index in [-0.39, 0.29) is 17.9 Å². The fourth-order valence-electron chi connectivity index (χ4n) is 5.35. The lowest BCUT2D eigenvalue weighted by Crippen LogP contribution is -2.29. The summed E-state index contributed by atoms with van der Waals surface area (Å²) in [7, 11) is 0. The summed E-state index contributed by atoms with van der Waals surface area (Å²) < 4.78 is 10.5. The molecule has 0 aliphatic heterocycles. The molecule has 0 N–H and O–H groups in total. The number of carbonyl (C=O) groups is 2. The molecule has 172 valence electrons. The number of carbonyl (C=O) groups excluding carboxylic acids is 2. The summed E-state index contributed by atoms with van der Waals surface area (Å²) in [5.41, 5.74) is 0. The van der Waals surface area contributed by atoms with E-state index in [1.54, 1.807) is 0 Å². The number of esters is 2. The molecular formula is C26H44O4. The average Bonchev–Trinajstić information content (AvgIpc) is 2.79. The highest BCUT2D eigenvalue weighted by molar-refractivity contribution is 5.81. The van der Waals surface area contributed by atoms with E-state index < -0.39 is 0 Å². The molecule has 4 heteroatoms. The zero-order chi connectivity index (χ0) is 21.6. The Kier molecular flexibility index (Phi) is 12.2. The largest absolute Gasteiger partial charge is 0.465 e. The fourth-order valence-corrected chi connectivity index (χ4v) is 5.35. The first-order chi connectivity index (χ1) is 14.6. The van der Waals surface area contributed by atoms with Gasteiger partial charge in [-0.25, -0.2) is 4.79 Å². The quantitative estimate of drug-likeness (QED) is 0.191. The van der Waals surface area contributed by atoms with Gasteiger partial charge in [-0.05, 0) is 82.0 Å². The summed E-state index contributed by atoms with van der Waals surface area (Å²) in [6.45, 7) is 6.62. The highest BCUT2D eigenvalue weighted by atomic mass is 16.5. The van der Waals surface area contributed by atoms with Crippen LogP contribution in [0.3, 0.4) is 0 Å². The van der Waals surface area contributed by atoms with Crippen LogP contribution in [0.15, 0.2) is 12.7 Å². The minimum Gasteiger partial charge on any atom is -0.465 e. The smallest absolute Gasteiger partial charge is 0.330 e. The Morgan fingerprint density at radius 3 is 1.93 bits per heavy atom. The van der Waals surface area contributed by atoms with Gasteiger partial charge in [0, 0.05) is 6.08 Å². The molecule has 0 amide bonds. The van der Waals surface area contributed by atoms with Crippen LogP contribution in [-0.4, -0.2) is 25.2 Å². The van der Waals surface area contributed by atoms with Gasteiger partial charge in [0.05, 0.1) is 19.1 Å². The van der Waals surface area contributed by atoms with Crippen molar-refractivity contribution in [1.29, 1.82) is 0 Å². The minimum absolute atomic E-state index is 0.0247. The molecular weight excluding hydrogens is 376 g/mol. The van der Waals surface area contributed by atoms with Gasteiger partial charge < -0.3 is 9.47 Å². The van der Waals surface area contributed by atoms with Crippen LogP contribution in [0.25, 0.3) is 0 Å². The molecule has 0 atom stereocenters. The van der Waals surface area contributed by atoms with Crippen LogP contribution < -0.4 is 0 Å². The highest BCUT2D eigenvalue weighted by Crippen LogP contribution is 2.42. The Labute approximate surface area is 184 Å². The van der Waals surface area contributed by atoms with E-state index in [1.165, 1.54) is 63.9 Å². The Bertz CT molecular complexity index is 499. The Morgan fingerprint density at radius 2 is 1.37 bits per heavy atom. The third-order valence-electron chi connectivity index (χ3n) is 7.32. The standard InChI is InChI=1S/C26H44O4/c1-3-5-10-21-11-13-22(14-12-21)23-15-17-24(18-16-23)26(28)30-20-9-7-6-8-19-29-25(27)4-2/h4,21-24H,2-3,5-20H2,1H3. The predicted octanol–water partition coefficient (Wildman–Crippen LogP) is 6.62. The zero-order valence-electron chi connectivity index (χ0n) is 19.2. The number of rotatable bonds is 13. The predicted molar refractivity (Wildman–Crippen MR) is 121 cm³/mol. The second kappa shape index (κ2) is 14.6. The highest BCUT2D eigenvalue weighted by Gasteiger charge is 2.33. The van der Waals surface area contributed by atoms with Gasteiger partial charge in [-0.2, -0.15) is 0 Å². The van der Waals surface area contributed by atoms with Crippen LogP contribution in [0, 0.1) is 23.7 Å². The first kappa shape index (κ1) is 24.9. The summed E-state index contributed by atoms with van der Waals surface area (Å²) in [4.78, 5) is 23.3. The van der Waals surface area contributed by atoms with Crippen LogP contribution in [0.4, 0.5) is 0 Å².